The van der Waals surface area contributed by atoms with E-state index >= 15 is 0 Å². The van der Waals surface area contributed by atoms with Crippen molar-refractivity contribution < 1.29 is 19.4 Å². The summed E-state index contributed by atoms with van der Waals surface area (Å²) in [6.45, 7) is 2.33. The lowest BCUT2D eigenvalue weighted by Crippen LogP contribution is -2.19. The number of carbonyl (C=O) groups excluding carboxylic acids is 1. The van der Waals surface area contributed by atoms with E-state index in [1.54, 1.807) is 7.11 Å². The Morgan fingerprint density at radius 3 is 2.88 bits per heavy atom. The quantitative estimate of drug-likeness (QED) is 0.670. The maximum atomic E-state index is 11.2. The number of aliphatic hydroxyl groups is 1. The van der Waals surface area contributed by atoms with Gasteiger partial charge >= 0.3 is 5.97 Å². The molecule has 4 nitrogen and oxygen atoms in total. The third-order valence-electron chi connectivity index (χ3n) is 2.88. The van der Waals surface area contributed by atoms with Gasteiger partial charge in [0.25, 0.3) is 0 Å². The second-order valence-corrected chi connectivity index (χ2v) is 4.02. The molecule has 2 atom stereocenters. The average molecular weight is 228 g/mol. The van der Waals surface area contributed by atoms with Crippen molar-refractivity contribution in [1.29, 1.82) is 0 Å². The minimum atomic E-state index is -0.325. The molecule has 0 amide bonds. The molecule has 1 rings (SSSR count). The number of hydrogen-bond donors (Lipinski definition) is 1. The van der Waals surface area contributed by atoms with Gasteiger partial charge in [-0.1, -0.05) is 6.92 Å². The van der Waals surface area contributed by atoms with E-state index in [9.17, 15) is 9.90 Å². The van der Waals surface area contributed by atoms with Crippen molar-refractivity contribution in [3.8, 4) is 0 Å². The van der Waals surface area contributed by atoms with E-state index in [-0.39, 0.29) is 18.2 Å². The number of esters is 1. The van der Waals surface area contributed by atoms with Crippen LogP contribution < -0.4 is 0 Å². The topological polar surface area (TPSA) is 55.8 Å². The molecule has 92 valence electrons. The van der Waals surface area contributed by atoms with E-state index < -0.39 is 0 Å². The molecular weight excluding hydrogens is 208 g/mol. The average Bonchev–Trinajstić information content (AvgIpc) is 2.69. The van der Waals surface area contributed by atoms with Crippen LogP contribution >= 0.6 is 0 Å². The number of hydrogen-bond acceptors (Lipinski definition) is 4. The van der Waals surface area contributed by atoms with Crippen LogP contribution in [-0.4, -0.2) is 37.0 Å². The molecule has 0 radical (unpaired) electrons. The monoisotopic (exact) mass is 228 g/mol. The maximum Gasteiger partial charge on any atom is 0.334 e. The summed E-state index contributed by atoms with van der Waals surface area (Å²) >= 11 is 0. The van der Waals surface area contributed by atoms with E-state index in [2.05, 4.69) is 0 Å². The Bertz CT molecular complexity index is 260. The van der Waals surface area contributed by atoms with Crippen molar-refractivity contribution in [2.75, 3.05) is 13.7 Å². The predicted molar refractivity (Wildman–Crippen MR) is 60.0 cm³/mol. The SMILES string of the molecule is CCC(O)CC(CCC1=CCOC1=O)OC. The van der Waals surface area contributed by atoms with Gasteiger partial charge in [0.1, 0.15) is 6.61 Å². The zero-order chi connectivity index (χ0) is 12.0. The van der Waals surface area contributed by atoms with Gasteiger partial charge in [-0.2, -0.15) is 0 Å². The highest BCUT2D eigenvalue weighted by Crippen LogP contribution is 2.18. The first-order valence-corrected chi connectivity index (χ1v) is 5.74. The van der Waals surface area contributed by atoms with Gasteiger partial charge in [0, 0.05) is 12.7 Å². The molecule has 1 N–H and O–H groups in total. The standard InChI is InChI=1S/C12H20O4/c1-3-10(13)8-11(15-2)5-4-9-6-7-16-12(9)14/h6,10-11,13H,3-5,7-8H2,1-2H3. The fourth-order valence-corrected chi connectivity index (χ4v) is 1.72. The summed E-state index contributed by atoms with van der Waals surface area (Å²) in [6, 6.07) is 0. The zero-order valence-corrected chi connectivity index (χ0v) is 9.94. The van der Waals surface area contributed by atoms with Gasteiger partial charge in [-0.3, -0.25) is 0 Å². The van der Waals surface area contributed by atoms with Crippen LogP contribution in [0.2, 0.25) is 0 Å². The zero-order valence-electron chi connectivity index (χ0n) is 9.94. The first-order valence-electron chi connectivity index (χ1n) is 5.74. The second kappa shape index (κ2) is 6.66. The van der Waals surface area contributed by atoms with Gasteiger partial charge in [0.15, 0.2) is 0 Å². The molecular formula is C12H20O4. The normalized spacial score (nSPS) is 19.2. The number of cyclic esters (lactones) is 1. The van der Waals surface area contributed by atoms with Crippen LogP contribution in [0, 0.1) is 0 Å². The summed E-state index contributed by atoms with van der Waals surface area (Å²) < 4.78 is 10.1. The lowest BCUT2D eigenvalue weighted by Gasteiger charge is -2.17. The van der Waals surface area contributed by atoms with Gasteiger partial charge in [-0.05, 0) is 31.8 Å². The van der Waals surface area contributed by atoms with Crippen molar-refractivity contribution in [3.63, 3.8) is 0 Å². The van der Waals surface area contributed by atoms with Crippen LogP contribution in [0.1, 0.15) is 32.6 Å². The summed E-state index contributed by atoms with van der Waals surface area (Å²) in [5.74, 6) is -0.217. The molecule has 4 heteroatoms. The highest BCUT2D eigenvalue weighted by Gasteiger charge is 2.19. The Morgan fingerprint density at radius 2 is 2.38 bits per heavy atom. The van der Waals surface area contributed by atoms with E-state index in [1.165, 1.54) is 0 Å². The van der Waals surface area contributed by atoms with Gasteiger partial charge in [-0.15, -0.1) is 0 Å². The molecule has 0 saturated carbocycles. The van der Waals surface area contributed by atoms with Gasteiger partial charge in [-0.25, -0.2) is 4.79 Å². The Kier molecular flexibility index (Phi) is 5.49. The van der Waals surface area contributed by atoms with E-state index in [1.807, 2.05) is 13.0 Å². The molecule has 16 heavy (non-hydrogen) atoms. The molecule has 2 unspecified atom stereocenters. The molecule has 0 bridgehead atoms. The molecule has 0 aromatic rings. The number of rotatable bonds is 7. The minimum absolute atomic E-state index is 0.00394. The fraction of sp³-hybridized carbons (Fsp3) is 0.750. The van der Waals surface area contributed by atoms with Crippen molar-refractivity contribution in [2.45, 2.75) is 44.8 Å². The van der Waals surface area contributed by atoms with Crippen molar-refractivity contribution >= 4 is 5.97 Å². The van der Waals surface area contributed by atoms with Crippen molar-refractivity contribution in [3.05, 3.63) is 11.6 Å². The Hall–Kier alpha value is -0.870. The molecule has 0 spiro atoms. The van der Waals surface area contributed by atoms with E-state index in [0.29, 0.717) is 19.4 Å². The minimum Gasteiger partial charge on any atom is -0.458 e. The molecule has 0 fully saturated rings. The number of aliphatic hydroxyl groups excluding tert-OH is 1. The second-order valence-electron chi connectivity index (χ2n) is 4.02. The highest BCUT2D eigenvalue weighted by atomic mass is 16.5. The smallest absolute Gasteiger partial charge is 0.334 e. The van der Waals surface area contributed by atoms with Gasteiger partial charge in [0.05, 0.1) is 12.2 Å². The predicted octanol–water partition coefficient (Wildman–Crippen LogP) is 1.43. The Balaban J connectivity index is 2.31. The largest absolute Gasteiger partial charge is 0.458 e. The first-order chi connectivity index (χ1) is 7.67. The molecule has 0 aliphatic carbocycles. The Morgan fingerprint density at radius 1 is 1.62 bits per heavy atom. The Labute approximate surface area is 96.2 Å². The third-order valence-corrected chi connectivity index (χ3v) is 2.88. The summed E-state index contributed by atoms with van der Waals surface area (Å²) in [5, 5.41) is 9.52. The number of methoxy groups -OCH3 is 1. The van der Waals surface area contributed by atoms with E-state index in [0.717, 1.165) is 18.4 Å². The summed E-state index contributed by atoms with van der Waals surface area (Å²) in [7, 11) is 1.63. The maximum absolute atomic E-state index is 11.2. The van der Waals surface area contributed by atoms with Crippen LogP contribution in [0.15, 0.2) is 11.6 Å². The molecule has 1 aliphatic heterocycles. The van der Waals surface area contributed by atoms with E-state index in [4.69, 9.17) is 9.47 Å². The number of carbonyl (C=O) groups is 1. The lowest BCUT2D eigenvalue weighted by molar-refractivity contribution is -0.136. The first kappa shape index (κ1) is 13.2. The van der Waals surface area contributed by atoms with Crippen molar-refractivity contribution in [2.24, 2.45) is 0 Å². The molecule has 0 aromatic carbocycles. The molecule has 0 saturated heterocycles. The van der Waals surface area contributed by atoms with Gasteiger partial charge < -0.3 is 14.6 Å². The molecule has 0 aromatic heterocycles. The fourth-order valence-electron chi connectivity index (χ4n) is 1.72. The van der Waals surface area contributed by atoms with Crippen LogP contribution in [0.25, 0.3) is 0 Å². The third kappa shape index (κ3) is 3.94. The number of ether oxygens (including phenoxy) is 2. The van der Waals surface area contributed by atoms with Crippen LogP contribution in [0.3, 0.4) is 0 Å². The molecule has 1 heterocycles. The lowest BCUT2D eigenvalue weighted by atomic mass is 10.0. The molecule has 1 aliphatic rings. The van der Waals surface area contributed by atoms with Gasteiger partial charge in [0.2, 0.25) is 0 Å². The summed E-state index contributed by atoms with van der Waals surface area (Å²) in [6.07, 6.45) is 4.24. The highest BCUT2D eigenvalue weighted by molar-refractivity contribution is 5.90. The van der Waals surface area contributed by atoms with Crippen LogP contribution in [0.4, 0.5) is 0 Å². The van der Waals surface area contributed by atoms with Crippen molar-refractivity contribution in [1.82, 2.24) is 0 Å². The summed E-state index contributed by atoms with van der Waals surface area (Å²) in [4.78, 5) is 11.2. The van der Waals surface area contributed by atoms with Crippen LogP contribution in [0.5, 0.6) is 0 Å². The van der Waals surface area contributed by atoms with Crippen LogP contribution in [-0.2, 0) is 14.3 Å². The summed E-state index contributed by atoms with van der Waals surface area (Å²) in [5.41, 5.74) is 0.730.